The summed E-state index contributed by atoms with van der Waals surface area (Å²) >= 11 is 1.48. The molecule has 1 saturated carbocycles. The van der Waals surface area contributed by atoms with E-state index >= 15 is 0 Å². The fraction of sp³-hybridized carbons (Fsp3) is 0.722. The fourth-order valence-electron chi connectivity index (χ4n) is 4.11. The summed E-state index contributed by atoms with van der Waals surface area (Å²) in [6.07, 6.45) is 3.98. The Morgan fingerprint density at radius 3 is 2.59 bits per heavy atom. The van der Waals surface area contributed by atoms with Gasteiger partial charge in [0.1, 0.15) is 0 Å². The minimum Gasteiger partial charge on any atom is -0.415 e. The molecule has 0 radical (unpaired) electrons. The van der Waals surface area contributed by atoms with Gasteiger partial charge < -0.3 is 4.74 Å². The average molecular weight is 324 g/mol. The van der Waals surface area contributed by atoms with E-state index in [0.29, 0.717) is 17.1 Å². The number of ether oxygens (including phenoxy) is 1. The molecular formula is C18H29NO2S. The van der Waals surface area contributed by atoms with E-state index < -0.39 is 0 Å². The molecule has 4 heteroatoms. The third-order valence-corrected chi connectivity index (χ3v) is 5.76. The standard InChI is InChI=1S/C18H29NO2S/c1-6-18(17(20)21-16-10-8-12-22-16)11-7-9-15(18)19(13(2)3)14(4)5/h8,10,12-15H,6-7,9,11H2,1-5H3. The Morgan fingerprint density at radius 1 is 1.41 bits per heavy atom. The highest BCUT2D eigenvalue weighted by atomic mass is 32.1. The third-order valence-electron chi connectivity index (χ3n) is 5.02. The Kier molecular flexibility index (Phi) is 5.67. The molecule has 0 saturated heterocycles. The van der Waals surface area contributed by atoms with Gasteiger partial charge in [0.2, 0.25) is 0 Å². The van der Waals surface area contributed by atoms with Crippen molar-refractivity contribution in [2.75, 3.05) is 0 Å². The van der Waals surface area contributed by atoms with Crippen molar-refractivity contribution in [3.05, 3.63) is 17.5 Å². The van der Waals surface area contributed by atoms with E-state index in [1.54, 1.807) is 0 Å². The van der Waals surface area contributed by atoms with Crippen LogP contribution in [0.2, 0.25) is 0 Å². The van der Waals surface area contributed by atoms with Crippen LogP contribution in [0.1, 0.15) is 60.3 Å². The summed E-state index contributed by atoms with van der Waals surface area (Å²) < 4.78 is 5.73. The van der Waals surface area contributed by atoms with E-state index in [-0.39, 0.29) is 17.4 Å². The average Bonchev–Trinajstić information content (AvgIpc) is 3.08. The molecule has 1 aromatic rings. The van der Waals surface area contributed by atoms with E-state index in [1.807, 2.05) is 17.5 Å². The van der Waals surface area contributed by atoms with Crippen LogP contribution in [0.25, 0.3) is 0 Å². The second-order valence-electron chi connectivity index (χ2n) is 6.87. The van der Waals surface area contributed by atoms with E-state index in [0.717, 1.165) is 25.7 Å². The predicted octanol–water partition coefficient (Wildman–Crippen LogP) is 4.72. The molecule has 0 amide bonds. The molecule has 0 N–H and O–H groups in total. The van der Waals surface area contributed by atoms with Crippen molar-refractivity contribution in [1.82, 2.24) is 4.90 Å². The molecule has 1 heterocycles. The second kappa shape index (κ2) is 7.14. The summed E-state index contributed by atoms with van der Waals surface area (Å²) in [6, 6.07) is 4.95. The van der Waals surface area contributed by atoms with Crippen molar-refractivity contribution in [2.24, 2.45) is 5.41 Å². The molecule has 124 valence electrons. The lowest BCUT2D eigenvalue weighted by molar-refractivity contribution is -0.150. The molecule has 0 aromatic carbocycles. The fourth-order valence-corrected chi connectivity index (χ4v) is 4.69. The molecule has 2 atom stereocenters. The molecule has 0 spiro atoms. The van der Waals surface area contributed by atoms with Crippen LogP contribution in [0.4, 0.5) is 0 Å². The van der Waals surface area contributed by atoms with Crippen molar-refractivity contribution >= 4 is 17.3 Å². The first-order chi connectivity index (χ1) is 10.4. The lowest BCUT2D eigenvalue weighted by Gasteiger charge is -2.44. The smallest absolute Gasteiger partial charge is 0.319 e. The van der Waals surface area contributed by atoms with Gasteiger partial charge in [-0.15, -0.1) is 11.3 Å². The van der Waals surface area contributed by atoms with Crippen molar-refractivity contribution in [3.8, 4) is 5.06 Å². The number of hydrogen-bond donors (Lipinski definition) is 0. The minimum atomic E-state index is -0.363. The van der Waals surface area contributed by atoms with E-state index in [9.17, 15) is 4.79 Å². The Morgan fingerprint density at radius 2 is 2.09 bits per heavy atom. The van der Waals surface area contributed by atoms with Crippen molar-refractivity contribution < 1.29 is 9.53 Å². The van der Waals surface area contributed by atoms with Crippen LogP contribution in [-0.4, -0.2) is 29.0 Å². The highest BCUT2D eigenvalue weighted by Crippen LogP contribution is 2.46. The molecule has 1 fully saturated rings. The molecule has 2 rings (SSSR count). The van der Waals surface area contributed by atoms with Crippen LogP contribution in [-0.2, 0) is 4.79 Å². The lowest BCUT2D eigenvalue weighted by Crippen LogP contribution is -2.54. The number of esters is 1. The van der Waals surface area contributed by atoms with Gasteiger partial charge in [-0.25, -0.2) is 0 Å². The van der Waals surface area contributed by atoms with Crippen LogP contribution >= 0.6 is 11.3 Å². The van der Waals surface area contributed by atoms with Crippen molar-refractivity contribution in [3.63, 3.8) is 0 Å². The zero-order valence-corrected chi connectivity index (χ0v) is 15.3. The van der Waals surface area contributed by atoms with E-state index in [4.69, 9.17) is 4.74 Å². The molecule has 0 aliphatic heterocycles. The van der Waals surface area contributed by atoms with Gasteiger partial charge in [0.15, 0.2) is 5.06 Å². The Hall–Kier alpha value is -0.870. The maximum Gasteiger partial charge on any atom is 0.319 e. The second-order valence-corrected chi connectivity index (χ2v) is 7.78. The summed E-state index contributed by atoms with van der Waals surface area (Å²) in [7, 11) is 0. The van der Waals surface area contributed by atoms with Crippen molar-refractivity contribution in [1.29, 1.82) is 0 Å². The molecular weight excluding hydrogens is 294 g/mol. The monoisotopic (exact) mass is 323 g/mol. The van der Waals surface area contributed by atoms with Gasteiger partial charge in [-0.05, 0) is 64.5 Å². The maximum absolute atomic E-state index is 13.0. The molecule has 22 heavy (non-hydrogen) atoms. The van der Waals surface area contributed by atoms with Gasteiger partial charge in [0, 0.05) is 18.1 Å². The first-order valence-electron chi connectivity index (χ1n) is 8.45. The number of carbonyl (C=O) groups is 1. The molecule has 3 nitrogen and oxygen atoms in total. The molecule has 1 aliphatic carbocycles. The van der Waals surface area contributed by atoms with Gasteiger partial charge in [-0.1, -0.05) is 13.3 Å². The van der Waals surface area contributed by atoms with Gasteiger partial charge >= 0.3 is 5.97 Å². The van der Waals surface area contributed by atoms with Crippen LogP contribution in [0.15, 0.2) is 17.5 Å². The number of hydrogen-bond acceptors (Lipinski definition) is 4. The minimum absolute atomic E-state index is 0.0359. The van der Waals surface area contributed by atoms with E-state index in [1.165, 1.54) is 11.3 Å². The summed E-state index contributed by atoms with van der Waals surface area (Å²) in [5.41, 5.74) is -0.363. The SMILES string of the molecule is CCC1(C(=O)Oc2cccs2)CCCC1N(C(C)C)C(C)C. The summed E-state index contributed by atoms with van der Waals surface area (Å²) in [6.45, 7) is 11.0. The van der Waals surface area contributed by atoms with Crippen LogP contribution < -0.4 is 4.74 Å². The number of rotatable bonds is 6. The van der Waals surface area contributed by atoms with Gasteiger partial charge in [-0.2, -0.15) is 0 Å². The molecule has 1 aliphatic rings. The zero-order chi connectivity index (χ0) is 16.3. The number of thiophene rings is 1. The third kappa shape index (κ3) is 3.23. The van der Waals surface area contributed by atoms with Gasteiger partial charge in [0.05, 0.1) is 5.41 Å². The van der Waals surface area contributed by atoms with Crippen LogP contribution in [0.3, 0.4) is 0 Å². The Bertz CT molecular complexity index is 475. The van der Waals surface area contributed by atoms with Gasteiger partial charge in [0.25, 0.3) is 0 Å². The summed E-state index contributed by atoms with van der Waals surface area (Å²) in [4.78, 5) is 15.5. The summed E-state index contributed by atoms with van der Waals surface area (Å²) in [5.74, 6) is -0.0359. The van der Waals surface area contributed by atoms with Crippen molar-refractivity contribution in [2.45, 2.75) is 78.4 Å². The highest BCUT2D eigenvalue weighted by molar-refractivity contribution is 7.11. The first-order valence-corrected chi connectivity index (χ1v) is 9.33. The first kappa shape index (κ1) is 17.5. The molecule has 1 aromatic heterocycles. The largest absolute Gasteiger partial charge is 0.415 e. The Labute approximate surface area is 138 Å². The zero-order valence-electron chi connectivity index (χ0n) is 14.5. The van der Waals surface area contributed by atoms with Crippen LogP contribution in [0, 0.1) is 5.41 Å². The lowest BCUT2D eigenvalue weighted by atomic mass is 9.78. The topological polar surface area (TPSA) is 29.5 Å². The van der Waals surface area contributed by atoms with Gasteiger partial charge in [-0.3, -0.25) is 9.69 Å². The molecule has 0 bridgehead atoms. The predicted molar refractivity (Wildman–Crippen MR) is 92.4 cm³/mol. The summed E-state index contributed by atoms with van der Waals surface area (Å²) in [5, 5.41) is 2.66. The quantitative estimate of drug-likeness (QED) is 0.709. The number of carbonyl (C=O) groups excluding carboxylic acids is 1. The van der Waals surface area contributed by atoms with Crippen LogP contribution in [0.5, 0.6) is 5.06 Å². The number of nitrogens with zero attached hydrogens (tertiary/aromatic N) is 1. The Balaban J connectivity index is 2.27. The normalized spacial score (nSPS) is 25.4. The maximum atomic E-state index is 13.0. The van der Waals surface area contributed by atoms with E-state index in [2.05, 4.69) is 39.5 Å². The highest BCUT2D eigenvalue weighted by Gasteiger charge is 2.52. The molecule has 2 unspecified atom stereocenters.